The molecule has 11 heteroatoms. The van der Waals surface area contributed by atoms with Crippen molar-refractivity contribution < 1.29 is 36.4 Å². The van der Waals surface area contributed by atoms with Crippen LogP contribution >= 0.6 is 0 Å². The monoisotopic (exact) mass is 389 g/mol. The van der Waals surface area contributed by atoms with Gasteiger partial charge in [-0.1, -0.05) is 17.3 Å². The van der Waals surface area contributed by atoms with Gasteiger partial charge in [0.1, 0.15) is 11.6 Å². The number of hydrogen-bond donors (Lipinski definition) is 2. The minimum absolute atomic E-state index is 0.151. The lowest BCUT2D eigenvalue weighted by Gasteiger charge is -2.34. The Morgan fingerprint density at radius 1 is 1.26 bits per heavy atom. The molecule has 2 rings (SSSR count). The number of carbonyl (C=O) groups excluding carboxylic acids is 2. The molecule has 7 nitrogen and oxygen atoms in total. The van der Waals surface area contributed by atoms with Crippen molar-refractivity contribution in [1.82, 2.24) is 10.5 Å². The van der Waals surface area contributed by atoms with E-state index in [4.69, 9.17) is 0 Å². The molecule has 1 heterocycles. The van der Waals surface area contributed by atoms with E-state index in [1.54, 1.807) is 5.32 Å². The lowest BCUT2D eigenvalue weighted by Crippen LogP contribution is -2.69. The first-order chi connectivity index (χ1) is 12.6. The lowest BCUT2D eigenvalue weighted by atomic mass is 10.1. The number of aromatic nitrogens is 1. The molecule has 1 amide bonds. The first kappa shape index (κ1) is 20.2. The number of halogens is 4. The molecule has 0 aliphatic heterocycles. The van der Waals surface area contributed by atoms with Crippen molar-refractivity contribution in [2.45, 2.75) is 25.7 Å². The molecule has 0 saturated carbocycles. The predicted molar refractivity (Wildman–Crippen MR) is 84.1 cm³/mol. The predicted octanol–water partition coefficient (Wildman–Crippen LogP) is 2.79. The Balaban J connectivity index is 2.50. The molecule has 1 unspecified atom stereocenters. The highest BCUT2D eigenvalue weighted by molar-refractivity contribution is 5.99. The third-order valence-corrected chi connectivity index (χ3v) is 3.37. The zero-order valence-electron chi connectivity index (χ0n) is 14.2. The van der Waals surface area contributed by atoms with Crippen LogP contribution in [0.5, 0.6) is 0 Å². The Bertz CT molecular complexity index is 837. The normalized spacial score (nSPS) is 13.6. The minimum Gasteiger partial charge on any atom is -0.463 e. The standard InChI is InChI=1S/C16H15F4N3O4/c1-3-26-14(25)15(16(18,19)20,21-12-8-9(2)27-23-12)22-13(24)10-6-4-5-7-11(10)17/h4-8H,3H2,1-2H3,(H,21,23)(H,22,24). The summed E-state index contributed by atoms with van der Waals surface area (Å²) in [6.07, 6.45) is -5.37. The Kier molecular flexibility index (Phi) is 5.72. The number of aryl methyl sites for hydroxylation is 1. The van der Waals surface area contributed by atoms with Crippen LogP contribution < -0.4 is 10.6 Å². The summed E-state index contributed by atoms with van der Waals surface area (Å²) in [5.41, 5.74) is -4.40. The summed E-state index contributed by atoms with van der Waals surface area (Å²) in [5.74, 6) is -4.72. The van der Waals surface area contributed by atoms with Gasteiger partial charge in [-0.3, -0.25) is 4.79 Å². The van der Waals surface area contributed by atoms with Crippen molar-refractivity contribution in [3.05, 3.63) is 47.5 Å². The fraction of sp³-hybridized carbons (Fsp3) is 0.312. The Morgan fingerprint density at radius 3 is 2.44 bits per heavy atom. The van der Waals surface area contributed by atoms with Crippen LogP contribution in [0.15, 0.2) is 34.9 Å². The third kappa shape index (κ3) is 4.18. The molecule has 146 valence electrons. The number of alkyl halides is 3. The topological polar surface area (TPSA) is 93.5 Å². The molecule has 0 bridgehead atoms. The van der Waals surface area contributed by atoms with Gasteiger partial charge in [0.25, 0.3) is 5.91 Å². The molecule has 27 heavy (non-hydrogen) atoms. The molecule has 1 atom stereocenters. The van der Waals surface area contributed by atoms with Gasteiger partial charge in [0.05, 0.1) is 12.2 Å². The number of amides is 1. The second kappa shape index (κ2) is 7.64. The van der Waals surface area contributed by atoms with E-state index in [-0.39, 0.29) is 5.76 Å². The summed E-state index contributed by atoms with van der Waals surface area (Å²) >= 11 is 0. The summed E-state index contributed by atoms with van der Waals surface area (Å²) in [6, 6.07) is 5.45. The SMILES string of the molecule is CCOC(=O)C(NC(=O)c1ccccc1F)(Nc1cc(C)on1)C(F)(F)F. The van der Waals surface area contributed by atoms with Crippen LogP contribution in [-0.2, 0) is 9.53 Å². The summed E-state index contributed by atoms with van der Waals surface area (Å²) in [6.45, 7) is 2.31. The first-order valence-electron chi connectivity index (χ1n) is 7.63. The zero-order chi connectivity index (χ0) is 20.2. The minimum atomic E-state index is -5.37. The lowest BCUT2D eigenvalue weighted by molar-refractivity contribution is -0.204. The molecular formula is C16H15F4N3O4. The summed E-state index contributed by atoms with van der Waals surface area (Å²) in [7, 11) is 0. The van der Waals surface area contributed by atoms with Crippen LogP contribution in [0.2, 0.25) is 0 Å². The Hall–Kier alpha value is -3.11. The molecule has 2 N–H and O–H groups in total. The molecule has 2 aromatic rings. The van der Waals surface area contributed by atoms with Crippen LogP contribution in [0, 0.1) is 12.7 Å². The van der Waals surface area contributed by atoms with Crippen LogP contribution in [-0.4, -0.2) is 35.5 Å². The Labute approximate surface area is 150 Å². The fourth-order valence-corrected chi connectivity index (χ4v) is 2.13. The highest BCUT2D eigenvalue weighted by Crippen LogP contribution is 2.33. The van der Waals surface area contributed by atoms with Gasteiger partial charge in [0.2, 0.25) is 0 Å². The van der Waals surface area contributed by atoms with E-state index in [0.717, 1.165) is 18.2 Å². The molecule has 0 saturated heterocycles. The second-order valence-electron chi connectivity index (χ2n) is 5.35. The molecule has 0 radical (unpaired) electrons. The highest BCUT2D eigenvalue weighted by Gasteiger charge is 2.64. The van der Waals surface area contributed by atoms with E-state index in [1.807, 2.05) is 0 Å². The number of esters is 1. The van der Waals surface area contributed by atoms with Gasteiger partial charge in [0.15, 0.2) is 5.82 Å². The van der Waals surface area contributed by atoms with Crippen molar-refractivity contribution in [2.75, 3.05) is 11.9 Å². The molecule has 1 aromatic heterocycles. The number of nitrogens with zero attached hydrogens (tertiary/aromatic N) is 1. The Morgan fingerprint density at radius 2 is 1.93 bits per heavy atom. The average Bonchev–Trinajstić information content (AvgIpc) is 2.98. The summed E-state index contributed by atoms with van der Waals surface area (Å²) in [5, 5.41) is 6.63. The van der Waals surface area contributed by atoms with Crippen LogP contribution in [0.3, 0.4) is 0 Å². The fourth-order valence-electron chi connectivity index (χ4n) is 2.13. The third-order valence-electron chi connectivity index (χ3n) is 3.37. The number of ether oxygens (including phenoxy) is 1. The second-order valence-corrected chi connectivity index (χ2v) is 5.35. The van der Waals surface area contributed by atoms with Gasteiger partial charge in [-0.15, -0.1) is 0 Å². The van der Waals surface area contributed by atoms with E-state index in [9.17, 15) is 27.2 Å². The summed E-state index contributed by atoms with van der Waals surface area (Å²) in [4.78, 5) is 24.5. The van der Waals surface area contributed by atoms with E-state index < -0.39 is 47.5 Å². The molecule has 0 spiro atoms. The number of hydrogen-bond acceptors (Lipinski definition) is 6. The van der Waals surface area contributed by atoms with Crippen molar-refractivity contribution in [3.8, 4) is 0 Å². The van der Waals surface area contributed by atoms with Gasteiger partial charge in [-0.2, -0.15) is 13.2 Å². The molecule has 0 fully saturated rings. The highest BCUT2D eigenvalue weighted by atomic mass is 19.4. The maximum Gasteiger partial charge on any atom is 0.441 e. The van der Waals surface area contributed by atoms with E-state index >= 15 is 0 Å². The van der Waals surface area contributed by atoms with Crippen molar-refractivity contribution in [2.24, 2.45) is 0 Å². The quantitative estimate of drug-likeness (QED) is 0.448. The van der Waals surface area contributed by atoms with Gasteiger partial charge in [-0.25, -0.2) is 9.18 Å². The number of benzene rings is 1. The van der Waals surface area contributed by atoms with E-state index in [0.29, 0.717) is 0 Å². The molecule has 0 aliphatic rings. The van der Waals surface area contributed by atoms with E-state index in [2.05, 4.69) is 14.4 Å². The molecular weight excluding hydrogens is 374 g/mol. The smallest absolute Gasteiger partial charge is 0.441 e. The van der Waals surface area contributed by atoms with Gasteiger partial charge >= 0.3 is 17.8 Å². The largest absolute Gasteiger partial charge is 0.463 e. The van der Waals surface area contributed by atoms with Crippen LogP contribution in [0.1, 0.15) is 23.0 Å². The number of carbonyl (C=O) groups is 2. The number of rotatable bonds is 6. The maximum absolute atomic E-state index is 13.9. The number of nitrogens with one attached hydrogen (secondary N) is 2. The first-order valence-corrected chi connectivity index (χ1v) is 7.63. The van der Waals surface area contributed by atoms with E-state index in [1.165, 1.54) is 31.3 Å². The zero-order valence-corrected chi connectivity index (χ0v) is 14.2. The van der Waals surface area contributed by atoms with Crippen molar-refractivity contribution >= 4 is 17.7 Å². The van der Waals surface area contributed by atoms with Crippen molar-refractivity contribution in [1.29, 1.82) is 0 Å². The maximum atomic E-state index is 13.9. The van der Waals surface area contributed by atoms with Gasteiger partial charge < -0.3 is 19.9 Å². The number of anilines is 1. The van der Waals surface area contributed by atoms with Gasteiger partial charge in [0, 0.05) is 6.07 Å². The van der Waals surface area contributed by atoms with Crippen molar-refractivity contribution in [3.63, 3.8) is 0 Å². The van der Waals surface area contributed by atoms with Crippen LogP contribution in [0.25, 0.3) is 0 Å². The molecule has 0 aliphatic carbocycles. The average molecular weight is 389 g/mol. The summed E-state index contributed by atoms with van der Waals surface area (Å²) < 4.78 is 64.6. The van der Waals surface area contributed by atoms with Crippen LogP contribution in [0.4, 0.5) is 23.4 Å². The molecule has 1 aromatic carbocycles. The van der Waals surface area contributed by atoms with Gasteiger partial charge in [-0.05, 0) is 26.0 Å².